The van der Waals surface area contributed by atoms with Crippen LogP contribution in [0.4, 0.5) is 0 Å². The molecule has 15 heavy (non-hydrogen) atoms. The van der Waals surface area contributed by atoms with Crippen molar-refractivity contribution in [1.82, 2.24) is 10.3 Å². The van der Waals surface area contributed by atoms with Crippen molar-refractivity contribution in [3.8, 4) is 0 Å². The van der Waals surface area contributed by atoms with Crippen LogP contribution in [0.2, 0.25) is 0 Å². The van der Waals surface area contributed by atoms with Gasteiger partial charge in [0.2, 0.25) is 5.89 Å². The van der Waals surface area contributed by atoms with Crippen molar-refractivity contribution in [3.05, 3.63) is 17.8 Å². The largest absolute Gasteiger partial charge is 0.444 e. The summed E-state index contributed by atoms with van der Waals surface area (Å²) in [5, 5.41) is 4.31. The topological polar surface area (TPSA) is 50.4 Å². The number of aromatic nitrogens is 1. The lowest BCUT2D eigenvalue weighted by molar-refractivity contribution is 0.430. The van der Waals surface area contributed by atoms with E-state index in [4.69, 9.17) is 4.42 Å². The summed E-state index contributed by atoms with van der Waals surface area (Å²) in [7, 11) is 0. The molecule has 0 aromatic carbocycles. The number of rotatable bonds is 2. The van der Waals surface area contributed by atoms with Crippen LogP contribution in [0.25, 0.3) is 0 Å². The molecule has 0 aliphatic carbocycles. The van der Waals surface area contributed by atoms with Gasteiger partial charge < -0.3 is 9.73 Å². The predicted molar refractivity (Wildman–Crippen MR) is 62.2 cm³/mol. The molecule has 1 atom stereocenters. The number of aryl methyl sites for hydroxylation is 1. The molecule has 0 saturated heterocycles. The van der Waals surface area contributed by atoms with E-state index in [1.807, 2.05) is 13.8 Å². The van der Waals surface area contributed by atoms with E-state index in [9.17, 15) is 0 Å². The third kappa shape index (κ3) is 2.75. The number of nitrogens with zero attached hydrogens (tertiary/aromatic N) is 2. The van der Waals surface area contributed by atoms with Gasteiger partial charge in [-0.15, -0.1) is 0 Å². The van der Waals surface area contributed by atoms with Crippen molar-refractivity contribution < 1.29 is 4.42 Å². The van der Waals surface area contributed by atoms with Crippen LogP contribution in [0, 0.1) is 6.92 Å². The predicted octanol–water partition coefficient (Wildman–Crippen LogP) is 2.13. The summed E-state index contributed by atoms with van der Waals surface area (Å²) in [4.78, 5) is 8.59. The van der Waals surface area contributed by atoms with Gasteiger partial charge in [-0.3, -0.25) is 4.99 Å². The van der Waals surface area contributed by atoms with E-state index in [2.05, 4.69) is 15.3 Å². The first-order valence-corrected chi connectivity index (χ1v) is 6.10. The molecule has 1 aliphatic rings. The molecule has 0 bridgehead atoms. The maximum Gasteiger partial charge on any atom is 0.216 e. The van der Waals surface area contributed by atoms with Crippen LogP contribution < -0.4 is 5.32 Å². The normalized spacial score (nSPS) is 18.4. The molecular weight excluding hydrogens is 210 g/mol. The number of thioether (sulfide) groups is 1. The highest BCUT2D eigenvalue weighted by Crippen LogP contribution is 2.16. The second kappa shape index (κ2) is 4.70. The van der Waals surface area contributed by atoms with Crippen molar-refractivity contribution in [2.45, 2.75) is 26.3 Å². The average molecular weight is 225 g/mol. The molecule has 0 spiro atoms. The lowest BCUT2D eigenvalue weighted by Gasteiger charge is -2.16. The summed E-state index contributed by atoms with van der Waals surface area (Å²) < 4.78 is 5.45. The highest BCUT2D eigenvalue weighted by molar-refractivity contribution is 8.13. The Kier molecular flexibility index (Phi) is 3.30. The van der Waals surface area contributed by atoms with Crippen LogP contribution in [0.1, 0.15) is 31.0 Å². The first-order chi connectivity index (χ1) is 7.25. The van der Waals surface area contributed by atoms with Gasteiger partial charge >= 0.3 is 0 Å². The number of aliphatic imine (C=N–C) groups is 1. The van der Waals surface area contributed by atoms with Crippen molar-refractivity contribution in [2.75, 3.05) is 12.3 Å². The van der Waals surface area contributed by atoms with Crippen LogP contribution in [0.3, 0.4) is 0 Å². The minimum atomic E-state index is 0.0862. The number of oxazole rings is 1. The molecule has 0 radical (unpaired) electrons. The Hall–Kier alpha value is -0.970. The zero-order valence-corrected chi connectivity index (χ0v) is 9.80. The van der Waals surface area contributed by atoms with Crippen LogP contribution >= 0.6 is 11.8 Å². The van der Waals surface area contributed by atoms with Gasteiger partial charge in [-0.2, -0.15) is 0 Å². The van der Waals surface area contributed by atoms with Crippen molar-refractivity contribution in [3.63, 3.8) is 0 Å². The minimum Gasteiger partial charge on any atom is -0.444 e. The third-order valence-corrected chi connectivity index (χ3v) is 3.16. The van der Waals surface area contributed by atoms with Gasteiger partial charge in [0.05, 0.1) is 6.20 Å². The van der Waals surface area contributed by atoms with Crippen LogP contribution in [0.5, 0.6) is 0 Å². The van der Waals surface area contributed by atoms with Gasteiger partial charge in [0.15, 0.2) is 5.17 Å². The zero-order valence-electron chi connectivity index (χ0n) is 8.99. The summed E-state index contributed by atoms with van der Waals surface area (Å²) in [5.41, 5.74) is 0. The third-order valence-electron chi connectivity index (χ3n) is 2.15. The lowest BCUT2D eigenvalue weighted by Crippen LogP contribution is -2.26. The zero-order chi connectivity index (χ0) is 10.7. The Labute approximate surface area is 93.6 Å². The summed E-state index contributed by atoms with van der Waals surface area (Å²) in [5.74, 6) is 2.71. The summed E-state index contributed by atoms with van der Waals surface area (Å²) in [6, 6.07) is 0.0862. The van der Waals surface area contributed by atoms with E-state index in [0.717, 1.165) is 29.1 Å². The Bertz CT molecular complexity index is 361. The molecule has 0 saturated carbocycles. The van der Waals surface area contributed by atoms with Crippen molar-refractivity contribution >= 4 is 16.9 Å². The molecular formula is C10H15N3OS. The standard InChI is InChI=1S/C10H15N3OS/c1-7-6-12-9(14-7)8(2)13-10-11-4-3-5-15-10/h6,8H,3-5H2,1-2H3,(H,11,13). The fourth-order valence-corrected chi connectivity index (χ4v) is 2.28. The van der Waals surface area contributed by atoms with E-state index in [0.29, 0.717) is 0 Å². The molecule has 0 amide bonds. The first kappa shape index (κ1) is 10.5. The van der Waals surface area contributed by atoms with Gasteiger partial charge in [-0.05, 0) is 20.3 Å². The maximum absolute atomic E-state index is 5.45. The molecule has 4 nitrogen and oxygen atoms in total. The summed E-state index contributed by atoms with van der Waals surface area (Å²) in [6.45, 7) is 4.85. The fourth-order valence-electron chi connectivity index (χ4n) is 1.37. The van der Waals surface area contributed by atoms with Crippen LogP contribution in [-0.2, 0) is 0 Å². The molecule has 82 valence electrons. The van der Waals surface area contributed by atoms with Gasteiger partial charge in [0.1, 0.15) is 11.8 Å². The molecule has 1 N–H and O–H groups in total. The van der Waals surface area contributed by atoms with E-state index < -0.39 is 0 Å². The molecule has 5 heteroatoms. The molecule has 1 aromatic rings. The Morgan fingerprint density at radius 3 is 3.07 bits per heavy atom. The molecule has 1 aliphatic heterocycles. The second-order valence-electron chi connectivity index (χ2n) is 3.56. The second-order valence-corrected chi connectivity index (χ2v) is 4.65. The van der Waals surface area contributed by atoms with Gasteiger partial charge in [0, 0.05) is 12.3 Å². The number of amidine groups is 1. The smallest absolute Gasteiger partial charge is 0.216 e. The molecule has 0 fully saturated rings. The van der Waals surface area contributed by atoms with E-state index in [-0.39, 0.29) is 6.04 Å². The minimum absolute atomic E-state index is 0.0862. The summed E-state index contributed by atoms with van der Waals surface area (Å²) in [6.07, 6.45) is 2.91. The van der Waals surface area contributed by atoms with E-state index in [1.165, 1.54) is 6.42 Å². The molecule has 1 aromatic heterocycles. The first-order valence-electron chi connectivity index (χ1n) is 5.12. The Morgan fingerprint density at radius 1 is 1.60 bits per heavy atom. The van der Waals surface area contributed by atoms with Crippen LogP contribution in [-0.4, -0.2) is 22.4 Å². The van der Waals surface area contributed by atoms with Crippen molar-refractivity contribution in [2.24, 2.45) is 4.99 Å². The fraction of sp³-hybridized carbons (Fsp3) is 0.600. The molecule has 1 unspecified atom stereocenters. The van der Waals surface area contributed by atoms with Gasteiger partial charge in [-0.1, -0.05) is 11.8 Å². The highest BCUT2D eigenvalue weighted by Gasteiger charge is 2.14. The number of hydrogen-bond donors (Lipinski definition) is 1. The monoisotopic (exact) mass is 225 g/mol. The molecule has 2 heterocycles. The van der Waals surface area contributed by atoms with Gasteiger partial charge in [-0.25, -0.2) is 4.98 Å². The SMILES string of the molecule is Cc1cnc(C(C)NC2=NCCCS2)o1. The van der Waals surface area contributed by atoms with E-state index >= 15 is 0 Å². The van der Waals surface area contributed by atoms with Crippen LogP contribution in [0.15, 0.2) is 15.6 Å². The van der Waals surface area contributed by atoms with E-state index in [1.54, 1.807) is 18.0 Å². The quantitative estimate of drug-likeness (QED) is 0.837. The highest BCUT2D eigenvalue weighted by atomic mass is 32.2. The van der Waals surface area contributed by atoms with Crippen molar-refractivity contribution in [1.29, 1.82) is 0 Å². The summed E-state index contributed by atoms with van der Waals surface area (Å²) >= 11 is 1.76. The lowest BCUT2D eigenvalue weighted by atomic mass is 10.3. The maximum atomic E-state index is 5.45. The Morgan fingerprint density at radius 2 is 2.47 bits per heavy atom. The van der Waals surface area contributed by atoms with Gasteiger partial charge in [0.25, 0.3) is 0 Å². The Balaban J connectivity index is 1.97. The average Bonchev–Trinajstić information content (AvgIpc) is 2.66. The number of hydrogen-bond acceptors (Lipinski definition) is 5. The number of nitrogens with one attached hydrogen (secondary N) is 1. The molecule has 2 rings (SSSR count).